The third-order valence-electron chi connectivity index (χ3n) is 9.12. The molecule has 1 heterocycles. The highest BCUT2D eigenvalue weighted by atomic mass is 32.2. The summed E-state index contributed by atoms with van der Waals surface area (Å²) < 4.78 is 29.6. The van der Waals surface area contributed by atoms with E-state index in [0.717, 1.165) is 18.2 Å². The Morgan fingerprint density at radius 1 is 0.907 bits per heavy atom. The molecule has 1 aliphatic carbocycles. The normalized spacial score (nSPS) is 15.4. The van der Waals surface area contributed by atoms with Crippen molar-refractivity contribution in [3.63, 3.8) is 0 Å². The molecule has 1 aliphatic heterocycles. The Morgan fingerprint density at radius 2 is 1.50 bits per heavy atom. The smallest absolute Gasteiger partial charge is 0.293 e. The number of carbonyl (C=O) groups excluding carboxylic acids is 1. The quantitative estimate of drug-likeness (QED) is 0.0507. The number of hydrogen-bond donors (Lipinski definition) is 1. The van der Waals surface area contributed by atoms with E-state index < -0.39 is 10.1 Å². The molecule has 0 saturated heterocycles. The number of nitrogens with two attached hydrogens (primary N) is 1. The van der Waals surface area contributed by atoms with Crippen molar-refractivity contribution >= 4 is 45.7 Å². The average Bonchev–Trinajstić information content (AvgIpc) is 3.82. The minimum Gasteiger partial charge on any atom is -0.468 e. The van der Waals surface area contributed by atoms with E-state index in [9.17, 15) is 18.5 Å². The Bertz CT molecular complexity index is 1890. The number of rotatable bonds is 12. The fourth-order valence-electron chi connectivity index (χ4n) is 6.50. The Hall–Kier alpha value is -5.01. The van der Waals surface area contributed by atoms with Crippen molar-refractivity contribution in [2.24, 2.45) is 0 Å². The summed E-state index contributed by atoms with van der Waals surface area (Å²) in [7, 11) is -0.247. The van der Waals surface area contributed by atoms with Crippen LogP contribution in [0.2, 0.25) is 0 Å². The molecule has 1 saturated carbocycles. The fourth-order valence-corrected chi connectivity index (χ4v) is 7.14. The van der Waals surface area contributed by atoms with Crippen molar-refractivity contribution in [1.82, 2.24) is 0 Å². The van der Waals surface area contributed by atoms with E-state index >= 15 is 0 Å². The van der Waals surface area contributed by atoms with Crippen molar-refractivity contribution in [2.45, 2.75) is 65.3 Å². The molecule has 8 nitrogen and oxygen atoms in total. The molecule has 0 spiro atoms. The van der Waals surface area contributed by atoms with Crippen molar-refractivity contribution in [2.75, 3.05) is 38.0 Å². The van der Waals surface area contributed by atoms with Crippen LogP contribution < -0.4 is 10.2 Å². The predicted octanol–water partition coefficient (Wildman–Crippen LogP) is 8.74. The molecule has 2 aliphatic rings. The number of nitrogens with zero attached hydrogens (tertiary/aromatic N) is 2. The van der Waals surface area contributed by atoms with E-state index in [1.165, 1.54) is 65.0 Å². The van der Waals surface area contributed by atoms with Gasteiger partial charge in [-0.15, -0.1) is 0 Å². The van der Waals surface area contributed by atoms with Crippen molar-refractivity contribution < 1.29 is 27.4 Å². The summed E-state index contributed by atoms with van der Waals surface area (Å²) in [5.74, 6) is 0.435. The van der Waals surface area contributed by atoms with Gasteiger partial charge in [-0.2, -0.15) is 13.7 Å². The fraction of sp³-hybridized carbons (Fsp3) is 0.333. The maximum atomic E-state index is 10.6. The Labute approximate surface area is 323 Å². The Balaban J connectivity index is 0.000000390. The van der Waals surface area contributed by atoms with Crippen molar-refractivity contribution in [1.29, 1.82) is 5.26 Å². The molecule has 0 bridgehead atoms. The first-order valence-corrected chi connectivity index (χ1v) is 20.4. The summed E-state index contributed by atoms with van der Waals surface area (Å²) >= 11 is 0. The van der Waals surface area contributed by atoms with Gasteiger partial charge in [-0.25, -0.2) is 0 Å². The average molecular weight is 751 g/mol. The van der Waals surface area contributed by atoms with Gasteiger partial charge in [0.1, 0.15) is 0 Å². The molecule has 0 amide bonds. The van der Waals surface area contributed by atoms with Gasteiger partial charge in [-0.05, 0) is 103 Å². The van der Waals surface area contributed by atoms with Gasteiger partial charge in [0.25, 0.3) is 16.6 Å². The highest BCUT2D eigenvalue weighted by molar-refractivity contribution is 7.86. The van der Waals surface area contributed by atoms with E-state index in [1.54, 1.807) is 0 Å². The molecule has 1 fully saturated rings. The third-order valence-corrected chi connectivity index (χ3v) is 10.4. The summed E-state index contributed by atoms with van der Waals surface area (Å²) in [6.07, 6.45) is 8.26. The van der Waals surface area contributed by atoms with E-state index in [4.69, 9.17) is 0 Å². The summed E-state index contributed by atoms with van der Waals surface area (Å²) in [5, 5.41) is 11.3. The molecule has 0 aromatic heterocycles. The number of quaternary nitrogens is 1. The number of ether oxygens (including phenoxy) is 1. The van der Waals surface area contributed by atoms with Crippen LogP contribution in [0.15, 0.2) is 109 Å². The molecule has 6 rings (SSSR count). The molecule has 0 radical (unpaired) electrons. The number of anilines is 2. The first-order valence-electron chi connectivity index (χ1n) is 18.8. The van der Waals surface area contributed by atoms with Crippen LogP contribution in [0, 0.1) is 11.3 Å². The van der Waals surface area contributed by atoms with Gasteiger partial charge in [-0.3, -0.25) is 8.98 Å². The number of allylic oxidation sites excluding steroid dienone is 1. The number of hydrogen-bond acceptors (Lipinski definition) is 7. The van der Waals surface area contributed by atoms with Gasteiger partial charge in [0, 0.05) is 28.9 Å². The largest absolute Gasteiger partial charge is 0.468 e. The van der Waals surface area contributed by atoms with Crippen LogP contribution in [0.4, 0.5) is 11.4 Å². The van der Waals surface area contributed by atoms with Crippen LogP contribution in [-0.2, 0) is 23.8 Å². The number of nitriles is 1. The van der Waals surface area contributed by atoms with E-state index in [1.807, 2.05) is 26.8 Å². The minimum absolute atomic E-state index is 0.103. The molecule has 2 atom stereocenters. The molecule has 9 heteroatoms. The lowest BCUT2D eigenvalue weighted by Gasteiger charge is -2.27. The second-order valence-corrected chi connectivity index (χ2v) is 14.5. The molecule has 4 aromatic carbocycles. The van der Waals surface area contributed by atoms with Crippen LogP contribution in [-0.4, -0.2) is 54.0 Å². The van der Waals surface area contributed by atoms with Crippen LogP contribution >= 0.6 is 0 Å². The van der Waals surface area contributed by atoms with Gasteiger partial charge in [0.2, 0.25) is 0 Å². The second-order valence-electron chi connectivity index (χ2n) is 12.7. The van der Waals surface area contributed by atoms with E-state index in [2.05, 4.69) is 148 Å². The molecule has 286 valence electrons. The van der Waals surface area contributed by atoms with Crippen LogP contribution in [0.3, 0.4) is 0 Å². The zero-order valence-electron chi connectivity index (χ0n) is 32.6. The Kier molecular flexibility index (Phi) is 18.4. The zero-order valence-corrected chi connectivity index (χ0v) is 33.4. The van der Waals surface area contributed by atoms with E-state index in [0.29, 0.717) is 12.0 Å². The molecule has 2 N–H and O–H groups in total. The third kappa shape index (κ3) is 12.6. The van der Waals surface area contributed by atoms with Crippen molar-refractivity contribution in [3.05, 3.63) is 137 Å². The second kappa shape index (κ2) is 22.9. The number of carbonyl (C=O) groups is 1. The van der Waals surface area contributed by atoms with Gasteiger partial charge in [0.15, 0.2) is 0 Å². The number of benzene rings is 4. The van der Waals surface area contributed by atoms with Crippen LogP contribution in [0.1, 0.15) is 87.1 Å². The Morgan fingerprint density at radius 3 is 2.04 bits per heavy atom. The van der Waals surface area contributed by atoms with Gasteiger partial charge < -0.3 is 15.0 Å². The summed E-state index contributed by atoms with van der Waals surface area (Å²) in [4.78, 5) is 12.2. The van der Waals surface area contributed by atoms with Crippen LogP contribution in [0.25, 0.3) is 17.7 Å². The van der Waals surface area contributed by atoms with E-state index in [-0.39, 0.29) is 25.3 Å². The lowest BCUT2D eigenvalue weighted by molar-refractivity contribution is -0.623. The molecule has 54 heavy (non-hydrogen) atoms. The summed E-state index contributed by atoms with van der Waals surface area (Å²) in [6.45, 7) is 9.57. The van der Waals surface area contributed by atoms with Crippen molar-refractivity contribution in [3.8, 4) is 6.07 Å². The minimum atomic E-state index is -3.40. The zero-order chi connectivity index (χ0) is 39.3. The topological polar surface area (TPSA) is 113 Å². The highest BCUT2D eigenvalue weighted by Crippen LogP contribution is 2.52. The van der Waals surface area contributed by atoms with Gasteiger partial charge >= 0.3 is 0 Å². The molecular weight excluding hydrogens is 695 g/mol. The maximum Gasteiger partial charge on any atom is 0.293 e. The van der Waals surface area contributed by atoms with Gasteiger partial charge in [-0.1, -0.05) is 99.1 Å². The predicted molar refractivity (Wildman–Crippen MR) is 222 cm³/mol. The first kappa shape index (κ1) is 43.4. The van der Waals surface area contributed by atoms with Crippen LogP contribution in [0.5, 0.6) is 0 Å². The standard InChI is InChI=1S/C35H30N2.C5H10O5S.C3H9N.C2H6/c1-25(24-36)21-27-17-20-35-33(23-27)31-13-8-14-34(31)37(35)30-18-15-26(16-19-30)22-32(28-9-4-2-5-10-28)29-11-6-3-7-12-29;1-9-11(7,8)4-2-3-10-5-6;1-3-4-2;1-2/h2-7,9-12,15-23,31,34H,8,13-14H2,1H3;5H,2-4H2,1H3;4H,3H2,1-2H3;1-2H3/p+1/b25-21-;;;. The molecule has 4 aromatic rings. The highest BCUT2D eigenvalue weighted by Gasteiger charge is 2.42. The number of fused-ring (bicyclic) bond motifs is 3. The molecular formula is C45H56N3O5S+. The lowest BCUT2D eigenvalue weighted by atomic mass is 9.95. The SMILES string of the molecule is C/C(C#N)=C/c1ccc2c(c1)C1CCCC1N2c1ccc(C=C(c2ccccc2)c2ccccc2)cc1.CC.CC[NH2+]C.COS(=O)(=O)CCCOC=O. The first-order chi connectivity index (χ1) is 26.2. The monoisotopic (exact) mass is 750 g/mol. The maximum absolute atomic E-state index is 10.6. The lowest BCUT2D eigenvalue weighted by Crippen LogP contribution is -2.78. The molecule has 2 unspecified atom stereocenters. The summed E-state index contributed by atoms with van der Waals surface area (Å²) in [5.41, 5.74) is 10.7. The summed E-state index contributed by atoms with van der Waals surface area (Å²) in [6, 6.07) is 39.7. The van der Waals surface area contributed by atoms with Gasteiger partial charge in [0.05, 0.1) is 39.1 Å².